The lowest BCUT2D eigenvalue weighted by Gasteiger charge is -2.09. The van der Waals surface area contributed by atoms with E-state index in [4.69, 9.17) is 5.73 Å². The van der Waals surface area contributed by atoms with Gasteiger partial charge in [0.2, 0.25) is 0 Å². The van der Waals surface area contributed by atoms with Gasteiger partial charge in [-0.1, -0.05) is 0 Å². The minimum absolute atomic E-state index is 0.148. The number of hydrogen-bond donors (Lipinski definition) is 1. The summed E-state index contributed by atoms with van der Waals surface area (Å²) in [6.07, 6.45) is -2.73. The number of anilines is 1. The highest BCUT2D eigenvalue weighted by atomic mass is 19.4. The Kier molecular flexibility index (Phi) is 4.30. The largest absolute Gasteiger partial charge is 0.463 e. The molecule has 0 bridgehead atoms. The molecule has 0 aromatic carbocycles. The quantitative estimate of drug-likeness (QED) is 0.668. The topological polar surface area (TPSA) is 65.2 Å². The first-order valence-corrected chi connectivity index (χ1v) is 5.03. The number of alkyl halides is 3. The average Bonchev–Trinajstić information content (AvgIpc) is 2.26. The number of ether oxygens (including phenoxy) is 1. The summed E-state index contributed by atoms with van der Waals surface area (Å²) >= 11 is 0. The first-order valence-electron chi connectivity index (χ1n) is 5.03. The van der Waals surface area contributed by atoms with E-state index in [1.165, 1.54) is 6.07 Å². The molecule has 1 rings (SSSR count). The normalized spacial score (nSPS) is 11.8. The molecule has 1 aromatic heterocycles. The summed E-state index contributed by atoms with van der Waals surface area (Å²) in [6, 6.07) is 2.36. The maximum Gasteiger partial charge on any atom is 0.434 e. The molecule has 2 N–H and O–H groups in total. The van der Waals surface area contributed by atoms with Gasteiger partial charge < -0.3 is 10.5 Å². The number of esters is 1. The number of halogens is 3. The van der Waals surface area contributed by atoms with Crippen LogP contribution in [0.4, 0.5) is 19.0 Å². The van der Waals surface area contributed by atoms with Crippen LogP contribution in [0.2, 0.25) is 0 Å². The first-order chi connectivity index (χ1) is 8.34. The van der Waals surface area contributed by atoms with Crippen LogP contribution >= 0.6 is 0 Å². The van der Waals surface area contributed by atoms with Gasteiger partial charge in [0.1, 0.15) is 5.82 Å². The van der Waals surface area contributed by atoms with Crippen LogP contribution in [0.15, 0.2) is 18.2 Å². The van der Waals surface area contributed by atoms with Crippen LogP contribution in [-0.2, 0) is 15.7 Å². The van der Waals surface area contributed by atoms with Gasteiger partial charge in [-0.15, -0.1) is 0 Å². The van der Waals surface area contributed by atoms with Crippen molar-refractivity contribution in [1.29, 1.82) is 0 Å². The highest BCUT2D eigenvalue weighted by Crippen LogP contribution is 2.31. The summed E-state index contributed by atoms with van der Waals surface area (Å²) in [4.78, 5) is 14.2. The molecule has 0 saturated heterocycles. The van der Waals surface area contributed by atoms with Gasteiger partial charge in [0.05, 0.1) is 6.61 Å². The summed E-state index contributed by atoms with van der Waals surface area (Å²) in [6.45, 7) is 1.74. The van der Waals surface area contributed by atoms with E-state index >= 15 is 0 Å². The molecule has 0 atom stereocenters. The Morgan fingerprint density at radius 1 is 1.50 bits per heavy atom. The third kappa shape index (κ3) is 3.76. The van der Waals surface area contributed by atoms with Crippen molar-refractivity contribution < 1.29 is 22.7 Å². The molecule has 0 saturated carbocycles. The fourth-order valence-corrected chi connectivity index (χ4v) is 1.19. The number of nitrogens with two attached hydrogens (primary N) is 1. The summed E-state index contributed by atoms with van der Waals surface area (Å²) in [5, 5.41) is 0. The van der Waals surface area contributed by atoms with E-state index in [0.29, 0.717) is 0 Å². The second-order valence-electron chi connectivity index (χ2n) is 3.26. The number of carbonyl (C=O) groups is 1. The SMILES string of the molecule is CCOC(=O)C=Cc1ccc(N)nc1C(F)(F)F. The molecular formula is C11H11F3N2O2. The van der Waals surface area contributed by atoms with E-state index in [-0.39, 0.29) is 18.0 Å². The number of aromatic nitrogens is 1. The zero-order valence-corrected chi connectivity index (χ0v) is 9.49. The van der Waals surface area contributed by atoms with Gasteiger partial charge in [0.15, 0.2) is 5.69 Å². The zero-order chi connectivity index (χ0) is 13.8. The van der Waals surface area contributed by atoms with E-state index in [0.717, 1.165) is 18.2 Å². The third-order valence-electron chi connectivity index (χ3n) is 1.90. The van der Waals surface area contributed by atoms with Crippen LogP contribution in [0.5, 0.6) is 0 Å². The van der Waals surface area contributed by atoms with Crippen LogP contribution < -0.4 is 5.73 Å². The Morgan fingerprint density at radius 3 is 2.72 bits per heavy atom. The maximum atomic E-state index is 12.6. The molecule has 1 heterocycles. The van der Waals surface area contributed by atoms with E-state index in [1.807, 2.05) is 0 Å². The summed E-state index contributed by atoms with van der Waals surface area (Å²) in [5.41, 5.74) is 3.82. The second kappa shape index (κ2) is 5.52. The smallest absolute Gasteiger partial charge is 0.434 e. The van der Waals surface area contributed by atoms with Gasteiger partial charge in [0.25, 0.3) is 0 Å². The molecule has 1 aromatic rings. The third-order valence-corrected chi connectivity index (χ3v) is 1.90. The lowest BCUT2D eigenvalue weighted by atomic mass is 10.1. The number of hydrogen-bond acceptors (Lipinski definition) is 4. The minimum Gasteiger partial charge on any atom is -0.463 e. The molecule has 0 aliphatic rings. The van der Waals surface area contributed by atoms with E-state index < -0.39 is 17.8 Å². The van der Waals surface area contributed by atoms with Crippen molar-refractivity contribution in [2.75, 3.05) is 12.3 Å². The summed E-state index contributed by atoms with van der Waals surface area (Å²) < 4.78 is 42.5. The monoisotopic (exact) mass is 260 g/mol. The predicted molar refractivity (Wildman–Crippen MR) is 59.3 cm³/mol. The minimum atomic E-state index is -4.64. The highest BCUT2D eigenvalue weighted by Gasteiger charge is 2.35. The number of rotatable bonds is 3. The Morgan fingerprint density at radius 2 is 2.17 bits per heavy atom. The highest BCUT2D eigenvalue weighted by molar-refractivity contribution is 5.87. The van der Waals surface area contributed by atoms with Crippen LogP contribution in [0.1, 0.15) is 18.2 Å². The summed E-state index contributed by atoms with van der Waals surface area (Å²) in [7, 11) is 0. The number of carbonyl (C=O) groups excluding carboxylic acids is 1. The van der Waals surface area contributed by atoms with Gasteiger partial charge in [-0.3, -0.25) is 0 Å². The van der Waals surface area contributed by atoms with E-state index in [9.17, 15) is 18.0 Å². The van der Waals surface area contributed by atoms with Crippen molar-refractivity contribution in [2.24, 2.45) is 0 Å². The predicted octanol–water partition coefficient (Wildman–Crippen LogP) is 2.26. The Balaban J connectivity index is 3.06. The Labute approximate surface area is 101 Å². The summed E-state index contributed by atoms with van der Waals surface area (Å²) in [5.74, 6) is -0.960. The number of nitrogens with zero attached hydrogens (tertiary/aromatic N) is 1. The molecule has 0 amide bonds. The van der Waals surface area contributed by atoms with E-state index in [1.54, 1.807) is 6.92 Å². The number of nitrogen functional groups attached to an aromatic ring is 1. The lowest BCUT2D eigenvalue weighted by Crippen LogP contribution is -2.12. The molecule has 0 radical (unpaired) electrons. The molecule has 0 unspecified atom stereocenters. The standard InChI is InChI=1S/C11H11F3N2O2/c1-2-18-9(17)6-4-7-3-5-8(15)16-10(7)11(12,13)14/h3-6H,2H2,1H3,(H2,15,16). The molecule has 98 valence electrons. The first kappa shape index (κ1) is 14.0. The van der Waals surface area contributed by atoms with Crippen molar-refractivity contribution in [1.82, 2.24) is 4.98 Å². The van der Waals surface area contributed by atoms with E-state index in [2.05, 4.69) is 9.72 Å². The molecular weight excluding hydrogens is 249 g/mol. The number of pyridine rings is 1. The fraction of sp³-hybridized carbons (Fsp3) is 0.273. The molecule has 0 fully saturated rings. The Hall–Kier alpha value is -2.05. The molecule has 18 heavy (non-hydrogen) atoms. The van der Waals surface area contributed by atoms with Crippen molar-refractivity contribution in [3.63, 3.8) is 0 Å². The van der Waals surface area contributed by atoms with Crippen molar-refractivity contribution in [3.05, 3.63) is 29.5 Å². The molecule has 0 aliphatic carbocycles. The molecule has 7 heteroatoms. The van der Waals surface area contributed by atoms with Gasteiger partial charge in [-0.2, -0.15) is 13.2 Å². The van der Waals surface area contributed by atoms with Crippen LogP contribution in [0.3, 0.4) is 0 Å². The lowest BCUT2D eigenvalue weighted by molar-refractivity contribution is -0.141. The van der Waals surface area contributed by atoms with Crippen LogP contribution in [0.25, 0.3) is 6.08 Å². The molecule has 0 spiro atoms. The van der Waals surface area contributed by atoms with Crippen molar-refractivity contribution in [2.45, 2.75) is 13.1 Å². The van der Waals surface area contributed by atoms with Crippen molar-refractivity contribution in [3.8, 4) is 0 Å². The van der Waals surface area contributed by atoms with Crippen LogP contribution in [-0.4, -0.2) is 17.6 Å². The second-order valence-corrected chi connectivity index (χ2v) is 3.26. The van der Waals surface area contributed by atoms with Gasteiger partial charge in [-0.25, -0.2) is 9.78 Å². The van der Waals surface area contributed by atoms with Gasteiger partial charge in [0, 0.05) is 11.6 Å². The fourth-order valence-electron chi connectivity index (χ4n) is 1.19. The van der Waals surface area contributed by atoms with Gasteiger partial charge in [-0.05, 0) is 25.1 Å². The zero-order valence-electron chi connectivity index (χ0n) is 9.49. The molecule has 0 aliphatic heterocycles. The van der Waals surface area contributed by atoms with Gasteiger partial charge >= 0.3 is 12.1 Å². The average molecular weight is 260 g/mol. The van der Waals surface area contributed by atoms with Crippen LogP contribution in [0, 0.1) is 0 Å². The maximum absolute atomic E-state index is 12.6. The Bertz CT molecular complexity index is 470. The molecule has 4 nitrogen and oxygen atoms in total. The van der Waals surface area contributed by atoms with Crippen molar-refractivity contribution >= 4 is 17.9 Å².